The predicted molar refractivity (Wildman–Crippen MR) is 168 cm³/mol. The smallest absolute Gasteiger partial charge is 0.334 e. The molecule has 8 heteroatoms. The second kappa shape index (κ2) is 17.6. The first kappa shape index (κ1) is 32.5. The van der Waals surface area contributed by atoms with Crippen molar-refractivity contribution in [2.24, 2.45) is 0 Å². The van der Waals surface area contributed by atoms with E-state index in [0.717, 1.165) is 22.3 Å². The largest absolute Gasteiger partial charge is 0.431 e. The van der Waals surface area contributed by atoms with Crippen molar-refractivity contribution in [1.29, 1.82) is 0 Å². The Morgan fingerprint density at radius 1 is 0.578 bits per heavy atom. The van der Waals surface area contributed by atoms with Gasteiger partial charge in [0.1, 0.15) is 31.0 Å². The molecule has 0 saturated carbocycles. The number of hydrogen-bond donors (Lipinski definition) is 0. The van der Waals surface area contributed by atoms with Crippen LogP contribution in [0.25, 0.3) is 0 Å². The topological polar surface area (TPSA) is 81.7 Å². The predicted octanol–water partition coefficient (Wildman–Crippen LogP) is 5.87. The summed E-state index contributed by atoms with van der Waals surface area (Å²) in [6.45, 7) is 1.17. The zero-order valence-corrected chi connectivity index (χ0v) is 25.4. The molecule has 0 unspecified atom stereocenters. The summed E-state index contributed by atoms with van der Waals surface area (Å²) < 4.78 is 43.2. The quantitative estimate of drug-likeness (QED) is 0.145. The standard InChI is InChI=1S/C37H40O8/c1-39-27-33(38)45-37-36(43-25-31-20-12-5-13-21-31)35(42-24-30-18-10-4-11-19-30)34(41-23-29-16-8-3-9-17-29)32(44-37)26-40-22-28-14-6-2-7-15-28/h2-21,32,34-37H,22-27H2,1H3/t32-,34-,35+,36-,37-/m1/s1. The summed E-state index contributed by atoms with van der Waals surface area (Å²) in [6.07, 6.45) is -3.87. The maximum atomic E-state index is 12.7. The summed E-state index contributed by atoms with van der Waals surface area (Å²) in [4.78, 5) is 12.7. The van der Waals surface area contributed by atoms with Gasteiger partial charge in [0.2, 0.25) is 6.29 Å². The molecule has 45 heavy (non-hydrogen) atoms. The molecule has 8 nitrogen and oxygen atoms in total. The van der Waals surface area contributed by atoms with Crippen LogP contribution in [0.2, 0.25) is 0 Å². The Morgan fingerprint density at radius 2 is 1.00 bits per heavy atom. The third-order valence-electron chi connectivity index (χ3n) is 7.35. The van der Waals surface area contributed by atoms with Crippen LogP contribution in [0.3, 0.4) is 0 Å². The van der Waals surface area contributed by atoms with Gasteiger partial charge in [-0.15, -0.1) is 0 Å². The molecule has 4 aromatic carbocycles. The Balaban J connectivity index is 1.44. The first-order valence-electron chi connectivity index (χ1n) is 15.1. The number of hydrogen-bond acceptors (Lipinski definition) is 8. The minimum atomic E-state index is -1.10. The summed E-state index contributed by atoms with van der Waals surface area (Å²) in [6, 6.07) is 39.5. The minimum Gasteiger partial charge on any atom is -0.431 e. The molecule has 5 rings (SSSR count). The van der Waals surface area contributed by atoms with E-state index in [1.807, 2.05) is 121 Å². The van der Waals surface area contributed by atoms with Crippen molar-refractivity contribution < 1.29 is 38.0 Å². The lowest BCUT2D eigenvalue weighted by molar-refractivity contribution is -0.321. The van der Waals surface area contributed by atoms with E-state index < -0.39 is 36.7 Å². The van der Waals surface area contributed by atoms with Gasteiger partial charge in [0.15, 0.2) is 0 Å². The molecule has 0 radical (unpaired) electrons. The molecule has 1 saturated heterocycles. The van der Waals surface area contributed by atoms with Crippen molar-refractivity contribution >= 4 is 5.97 Å². The first-order chi connectivity index (χ1) is 22.2. The zero-order chi connectivity index (χ0) is 31.1. The SMILES string of the molecule is COCC(=O)O[C@H]1O[C@H](COCc2ccccc2)[C@@H](OCc2ccccc2)[C@H](OCc2ccccc2)[C@H]1OCc1ccccc1. The van der Waals surface area contributed by atoms with E-state index in [9.17, 15) is 4.79 Å². The van der Waals surface area contributed by atoms with Gasteiger partial charge in [-0.2, -0.15) is 0 Å². The van der Waals surface area contributed by atoms with Crippen molar-refractivity contribution in [3.05, 3.63) is 144 Å². The lowest BCUT2D eigenvalue weighted by Gasteiger charge is -2.45. The van der Waals surface area contributed by atoms with E-state index >= 15 is 0 Å². The lowest BCUT2D eigenvalue weighted by Crippen LogP contribution is -2.62. The second-order valence-electron chi connectivity index (χ2n) is 10.8. The van der Waals surface area contributed by atoms with Crippen molar-refractivity contribution in [1.82, 2.24) is 0 Å². The summed E-state index contributed by atoms with van der Waals surface area (Å²) in [7, 11) is 1.44. The number of benzene rings is 4. The third kappa shape index (κ3) is 10.1. The van der Waals surface area contributed by atoms with Crippen LogP contribution < -0.4 is 0 Å². The van der Waals surface area contributed by atoms with Crippen LogP contribution in [-0.4, -0.2) is 57.0 Å². The summed E-state index contributed by atoms with van der Waals surface area (Å²) >= 11 is 0. The van der Waals surface area contributed by atoms with E-state index in [1.54, 1.807) is 0 Å². The summed E-state index contributed by atoms with van der Waals surface area (Å²) in [5, 5.41) is 0. The van der Waals surface area contributed by atoms with Gasteiger partial charge in [0.05, 0.1) is 33.0 Å². The van der Waals surface area contributed by atoms with E-state index in [0.29, 0.717) is 13.2 Å². The minimum absolute atomic E-state index is 0.170. The van der Waals surface area contributed by atoms with Crippen LogP contribution in [0.1, 0.15) is 22.3 Å². The van der Waals surface area contributed by atoms with E-state index in [-0.39, 0.29) is 26.4 Å². The average molecular weight is 613 g/mol. The maximum Gasteiger partial charge on any atom is 0.334 e. The van der Waals surface area contributed by atoms with E-state index in [1.165, 1.54) is 7.11 Å². The van der Waals surface area contributed by atoms with Crippen molar-refractivity contribution in [2.45, 2.75) is 57.1 Å². The zero-order valence-electron chi connectivity index (χ0n) is 25.4. The number of methoxy groups -OCH3 is 1. The van der Waals surface area contributed by atoms with E-state index in [2.05, 4.69) is 0 Å². The highest BCUT2D eigenvalue weighted by Gasteiger charge is 2.50. The van der Waals surface area contributed by atoms with Crippen LogP contribution in [0.5, 0.6) is 0 Å². The molecule has 236 valence electrons. The lowest BCUT2D eigenvalue weighted by atomic mass is 9.97. The van der Waals surface area contributed by atoms with Gasteiger partial charge in [-0.25, -0.2) is 4.79 Å². The second-order valence-corrected chi connectivity index (χ2v) is 10.8. The number of carbonyl (C=O) groups is 1. The van der Waals surface area contributed by atoms with Crippen molar-refractivity contribution in [3.8, 4) is 0 Å². The molecule has 0 bridgehead atoms. The Kier molecular flexibility index (Phi) is 12.7. The monoisotopic (exact) mass is 612 g/mol. The molecule has 1 fully saturated rings. The first-order valence-corrected chi connectivity index (χ1v) is 15.1. The highest BCUT2D eigenvalue weighted by atomic mass is 16.7. The van der Waals surface area contributed by atoms with Gasteiger partial charge < -0.3 is 33.2 Å². The molecule has 5 atom stereocenters. The average Bonchev–Trinajstić information content (AvgIpc) is 3.08. The highest BCUT2D eigenvalue weighted by molar-refractivity contribution is 5.70. The normalized spacial score (nSPS) is 21.3. The Bertz CT molecular complexity index is 1390. The molecule has 1 heterocycles. The van der Waals surface area contributed by atoms with Crippen molar-refractivity contribution in [2.75, 3.05) is 20.3 Å². The summed E-state index contributed by atoms with van der Waals surface area (Å²) in [5.74, 6) is -0.578. The van der Waals surface area contributed by atoms with Crippen LogP contribution >= 0.6 is 0 Å². The molecular weight excluding hydrogens is 572 g/mol. The van der Waals surface area contributed by atoms with Crippen LogP contribution in [0, 0.1) is 0 Å². The van der Waals surface area contributed by atoms with Gasteiger partial charge in [-0.1, -0.05) is 121 Å². The highest BCUT2D eigenvalue weighted by Crippen LogP contribution is 2.31. The Morgan fingerprint density at radius 3 is 1.47 bits per heavy atom. The number of ether oxygens (including phenoxy) is 7. The molecule has 1 aliphatic rings. The van der Waals surface area contributed by atoms with Gasteiger partial charge in [-0.05, 0) is 22.3 Å². The van der Waals surface area contributed by atoms with Crippen LogP contribution in [-0.2, 0) is 64.4 Å². The Labute approximate surface area is 264 Å². The molecule has 0 amide bonds. The van der Waals surface area contributed by atoms with Crippen LogP contribution in [0.4, 0.5) is 0 Å². The third-order valence-corrected chi connectivity index (χ3v) is 7.35. The maximum absolute atomic E-state index is 12.7. The molecular formula is C37H40O8. The summed E-state index contributed by atoms with van der Waals surface area (Å²) in [5.41, 5.74) is 3.96. The molecule has 0 aromatic heterocycles. The van der Waals surface area contributed by atoms with E-state index in [4.69, 9.17) is 33.2 Å². The molecule has 0 N–H and O–H groups in total. The molecule has 4 aromatic rings. The van der Waals surface area contributed by atoms with Crippen LogP contribution in [0.15, 0.2) is 121 Å². The van der Waals surface area contributed by atoms with Gasteiger partial charge in [0.25, 0.3) is 0 Å². The number of esters is 1. The fourth-order valence-electron chi connectivity index (χ4n) is 5.12. The number of rotatable bonds is 16. The van der Waals surface area contributed by atoms with Crippen molar-refractivity contribution in [3.63, 3.8) is 0 Å². The fourth-order valence-corrected chi connectivity index (χ4v) is 5.12. The molecule has 0 aliphatic carbocycles. The van der Waals surface area contributed by atoms with Gasteiger partial charge in [-0.3, -0.25) is 0 Å². The van der Waals surface area contributed by atoms with Gasteiger partial charge in [0, 0.05) is 7.11 Å². The Hall–Kier alpha value is -3.89. The number of carbonyl (C=O) groups excluding carboxylic acids is 1. The molecule has 0 spiro atoms. The fraction of sp³-hybridized carbons (Fsp3) is 0.324. The van der Waals surface area contributed by atoms with Gasteiger partial charge >= 0.3 is 5.97 Å². The molecule has 1 aliphatic heterocycles.